The SMILES string of the molecule is CCOC(=O)/C=C/C(=O)c1nccn1-c1ccccc1. The fourth-order valence-electron chi connectivity index (χ4n) is 1.69. The summed E-state index contributed by atoms with van der Waals surface area (Å²) in [6, 6.07) is 9.37. The van der Waals surface area contributed by atoms with Crippen LogP contribution >= 0.6 is 0 Å². The molecule has 20 heavy (non-hydrogen) atoms. The first-order valence-electron chi connectivity index (χ1n) is 6.20. The lowest BCUT2D eigenvalue weighted by molar-refractivity contribution is -0.137. The van der Waals surface area contributed by atoms with Crippen LogP contribution in [0, 0.1) is 0 Å². The lowest BCUT2D eigenvalue weighted by Crippen LogP contribution is -2.07. The van der Waals surface area contributed by atoms with Gasteiger partial charge in [-0.3, -0.25) is 9.36 Å². The number of carbonyl (C=O) groups excluding carboxylic acids is 2. The normalized spacial score (nSPS) is 10.7. The average Bonchev–Trinajstić information content (AvgIpc) is 2.95. The lowest BCUT2D eigenvalue weighted by atomic mass is 10.3. The number of rotatable bonds is 5. The zero-order chi connectivity index (χ0) is 14.4. The van der Waals surface area contributed by atoms with E-state index in [1.165, 1.54) is 6.08 Å². The fraction of sp³-hybridized carbons (Fsp3) is 0.133. The molecule has 1 heterocycles. The zero-order valence-electron chi connectivity index (χ0n) is 11.0. The van der Waals surface area contributed by atoms with Crippen LogP contribution in [0.5, 0.6) is 0 Å². The van der Waals surface area contributed by atoms with Crippen molar-refractivity contribution in [1.82, 2.24) is 9.55 Å². The lowest BCUT2D eigenvalue weighted by Gasteiger charge is -2.04. The second-order valence-corrected chi connectivity index (χ2v) is 3.91. The molecular weight excluding hydrogens is 256 g/mol. The molecule has 2 aromatic rings. The third-order valence-electron chi connectivity index (χ3n) is 2.55. The first kappa shape index (κ1) is 13.7. The maximum absolute atomic E-state index is 12.0. The van der Waals surface area contributed by atoms with E-state index in [9.17, 15) is 9.59 Å². The number of carbonyl (C=O) groups is 2. The maximum Gasteiger partial charge on any atom is 0.330 e. The van der Waals surface area contributed by atoms with Gasteiger partial charge in [0.2, 0.25) is 5.78 Å². The number of ketones is 1. The van der Waals surface area contributed by atoms with E-state index in [4.69, 9.17) is 4.74 Å². The molecule has 2 rings (SSSR count). The fourth-order valence-corrected chi connectivity index (χ4v) is 1.69. The molecule has 0 spiro atoms. The highest BCUT2D eigenvalue weighted by molar-refractivity contribution is 6.05. The van der Waals surface area contributed by atoms with Gasteiger partial charge in [-0.1, -0.05) is 18.2 Å². The first-order chi connectivity index (χ1) is 9.72. The highest BCUT2D eigenvalue weighted by Gasteiger charge is 2.11. The molecule has 0 fully saturated rings. The minimum atomic E-state index is -0.543. The average molecular weight is 270 g/mol. The molecule has 5 heteroatoms. The smallest absolute Gasteiger partial charge is 0.330 e. The summed E-state index contributed by atoms with van der Waals surface area (Å²) in [6.07, 6.45) is 5.51. The Morgan fingerprint density at radius 1 is 1.25 bits per heavy atom. The largest absolute Gasteiger partial charge is 0.463 e. The van der Waals surface area contributed by atoms with E-state index in [1.54, 1.807) is 23.9 Å². The van der Waals surface area contributed by atoms with Crippen LogP contribution in [0.15, 0.2) is 54.9 Å². The van der Waals surface area contributed by atoms with Gasteiger partial charge < -0.3 is 4.74 Å². The summed E-state index contributed by atoms with van der Waals surface area (Å²) in [4.78, 5) is 27.2. The van der Waals surface area contributed by atoms with Crippen molar-refractivity contribution in [3.8, 4) is 5.69 Å². The van der Waals surface area contributed by atoms with Gasteiger partial charge in [-0.05, 0) is 25.1 Å². The number of imidazole rings is 1. The molecule has 0 aliphatic carbocycles. The number of para-hydroxylation sites is 1. The molecule has 0 N–H and O–H groups in total. The summed E-state index contributed by atoms with van der Waals surface area (Å²) in [7, 11) is 0. The van der Waals surface area contributed by atoms with E-state index in [0.29, 0.717) is 0 Å². The molecule has 0 atom stereocenters. The number of ether oxygens (including phenoxy) is 1. The van der Waals surface area contributed by atoms with Crippen LogP contribution in [0.3, 0.4) is 0 Å². The second-order valence-electron chi connectivity index (χ2n) is 3.91. The Kier molecular flexibility index (Phi) is 4.44. The van der Waals surface area contributed by atoms with Crippen LogP contribution in [0.2, 0.25) is 0 Å². The van der Waals surface area contributed by atoms with Crippen LogP contribution < -0.4 is 0 Å². The van der Waals surface area contributed by atoms with Crippen molar-refractivity contribution in [3.63, 3.8) is 0 Å². The molecule has 0 aliphatic heterocycles. The molecule has 102 valence electrons. The highest BCUT2D eigenvalue weighted by Crippen LogP contribution is 2.10. The topological polar surface area (TPSA) is 61.2 Å². The molecule has 0 unspecified atom stereocenters. The van der Waals surface area contributed by atoms with Crippen molar-refractivity contribution < 1.29 is 14.3 Å². The Morgan fingerprint density at radius 2 is 2.00 bits per heavy atom. The molecule has 0 radical (unpaired) electrons. The Bertz CT molecular complexity index is 630. The molecule has 0 bridgehead atoms. The van der Waals surface area contributed by atoms with E-state index in [1.807, 2.05) is 30.3 Å². The summed E-state index contributed by atoms with van der Waals surface area (Å²) in [5.41, 5.74) is 0.831. The minimum absolute atomic E-state index is 0.247. The monoisotopic (exact) mass is 270 g/mol. The molecule has 1 aromatic heterocycles. The molecule has 1 aromatic carbocycles. The first-order valence-corrected chi connectivity index (χ1v) is 6.20. The van der Waals surface area contributed by atoms with E-state index >= 15 is 0 Å². The van der Waals surface area contributed by atoms with Crippen LogP contribution in [0.1, 0.15) is 17.5 Å². The van der Waals surface area contributed by atoms with Gasteiger partial charge in [0, 0.05) is 24.2 Å². The summed E-state index contributed by atoms with van der Waals surface area (Å²) in [5.74, 6) is -0.651. The van der Waals surface area contributed by atoms with Gasteiger partial charge >= 0.3 is 5.97 Å². The predicted octanol–water partition coefficient (Wildman–Crippen LogP) is 2.17. The predicted molar refractivity (Wildman–Crippen MR) is 73.7 cm³/mol. The molecule has 0 amide bonds. The Hall–Kier alpha value is -2.69. The second kappa shape index (κ2) is 6.47. The van der Waals surface area contributed by atoms with E-state index < -0.39 is 5.97 Å². The molecule has 0 aliphatic rings. The number of hydrogen-bond donors (Lipinski definition) is 0. The van der Waals surface area contributed by atoms with Crippen molar-refractivity contribution in [1.29, 1.82) is 0 Å². The van der Waals surface area contributed by atoms with E-state index in [-0.39, 0.29) is 18.2 Å². The number of aromatic nitrogens is 2. The number of benzene rings is 1. The summed E-state index contributed by atoms with van der Waals surface area (Å²) < 4.78 is 6.38. The molecule has 5 nitrogen and oxygen atoms in total. The van der Waals surface area contributed by atoms with Gasteiger partial charge in [-0.25, -0.2) is 9.78 Å². The third kappa shape index (κ3) is 3.20. The van der Waals surface area contributed by atoms with Gasteiger partial charge in [0.1, 0.15) is 0 Å². The van der Waals surface area contributed by atoms with Crippen molar-refractivity contribution >= 4 is 11.8 Å². The quantitative estimate of drug-likeness (QED) is 0.474. The standard InChI is InChI=1S/C15H14N2O3/c1-2-20-14(19)9-8-13(18)15-16-10-11-17(15)12-6-4-3-5-7-12/h3-11H,2H2,1H3/b9-8+. The Balaban J connectivity index is 2.20. The van der Waals surface area contributed by atoms with Crippen molar-refractivity contribution in [2.24, 2.45) is 0 Å². The molecule has 0 saturated carbocycles. The number of allylic oxidation sites excluding steroid dienone is 1. The number of hydrogen-bond acceptors (Lipinski definition) is 4. The highest BCUT2D eigenvalue weighted by atomic mass is 16.5. The van der Waals surface area contributed by atoms with Crippen molar-refractivity contribution in [2.45, 2.75) is 6.92 Å². The number of nitrogens with zero attached hydrogens (tertiary/aromatic N) is 2. The van der Waals surface area contributed by atoms with E-state index in [0.717, 1.165) is 11.8 Å². The third-order valence-corrected chi connectivity index (χ3v) is 2.55. The minimum Gasteiger partial charge on any atom is -0.463 e. The maximum atomic E-state index is 12.0. The summed E-state index contributed by atoms with van der Waals surface area (Å²) >= 11 is 0. The summed E-state index contributed by atoms with van der Waals surface area (Å²) in [5, 5.41) is 0. The Labute approximate surface area is 116 Å². The van der Waals surface area contributed by atoms with Crippen LogP contribution in [0.25, 0.3) is 5.69 Å². The summed E-state index contributed by atoms with van der Waals surface area (Å²) in [6.45, 7) is 1.98. The molecular formula is C15H14N2O3. The van der Waals surface area contributed by atoms with Crippen LogP contribution in [-0.4, -0.2) is 27.9 Å². The van der Waals surface area contributed by atoms with Crippen LogP contribution in [-0.2, 0) is 9.53 Å². The van der Waals surface area contributed by atoms with Gasteiger partial charge in [0.25, 0.3) is 0 Å². The van der Waals surface area contributed by atoms with Gasteiger partial charge in [-0.15, -0.1) is 0 Å². The number of esters is 1. The zero-order valence-corrected chi connectivity index (χ0v) is 11.0. The van der Waals surface area contributed by atoms with Crippen molar-refractivity contribution in [2.75, 3.05) is 6.61 Å². The van der Waals surface area contributed by atoms with Gasteiger partial charge in [0.05, 0.1) is 6.61 Å². The van der Waals surface area contributed by atoms with Gasteiger partial charge in [0.15, 0.2) is 5.82 Å². The van der Waals surface area contributed by atoms with Crippen molar-refractivity contribution in [3.05, 3.63) is 60.7 Å². The molecule has 0 saturated heterocycles. The van der Waals surface area contributed by atoms with Gasteiger partial charge in [-0.2, -0.15) is 0 Å². The van der Waals surface area contributed by atoms with E-state index in [2.05, 4.69) is 4.98 Å². The Morgan fingerprint density at radius 3 is 2.70 bits per heavy atom. The van der Waals surface area contributed by atoms with Crippen LogP contribution in [0.4, 0.5) is 0 Å².